The minimum absolute atomic E-state index is 0.0620. The highest BCUT2D eigenvalue weighted by atomic mass is 32.2. The lowest BCUT2D eigenvalue weighted by Gasteiger charge is -2.20. The van der Waals surface area contributed by atoms with Crippen molar-refractivity contribution >= 4 is 32.7 Å². The molecule has 4 rings (SSSR count). The largest absolute Gasteiger partial charge is 0.394 e. The third kappa shape index (κ3) is 4.24. The van der Waals surface area contributed by atoms with E-state index in [0.717, 1.165) is 5.56 Å². The van der Waals surface area contributed by atoms with Crippen molar-refractivity contribution in [2.45, 2.75) is 10.9 Å². The van der Waals surface area contributed by atoms with Gasteiger partial charge in [0.15, 0.2) is 11.6 Å². The van der Waals surface area contributed by atoms with Crippen LogP contribution in [-0.4, -0.2) is 30.1 Å². The number of rotatable bonds is 7. The Balaban J connectivity index is 1.76. The number of para-hydroxylation sites is 2. The molecule has 0 aliphatic carbocycles. The molecule has 0 aliphatic heterocycles. The Bertz CT molecular complexity index is 1250. The maximum absolute atomic E-state index is 12.9. The SMILES string of the molecule is O=S(=O)(Nc1nc2ccccc2nc1NC(CO)c1ccccc1)c1ccccc1. The van der Waals surface area contributed by atoms with E-state index in [2.05, 4.69) is 20.0 Å². The van der Waals surface area contributed by atoms with Crippen molar-refractivity contribution in [3.63, 3.8) is 0 Å². The highest BCUT2D eigenvalue weighted by Crippen LogP contribution is 2.27. The average molecular weight is 420 g/mol. The molecule has 3 aromatic carbocycles. The Hall–Kier alpha value is -3.49. The molecule has 3 N–H and O–H groups in total. The van der Waals surface area contributed by atoms with Gasteiger partial charge in [0.2, 0.25) is 0 Å². The number of nitrogens with zero attached hydrogens (tertiary/aromatic N) is 2. The van der Waals surface area contributed by atoms with Crippen LogP contribution in [0.3, 0.4) is 0 Å². The van der Waals surface area contributed by atoms with Gasteiger partial charge in [-0.05, 0) is 29.8 Å². The smallest absolute Gasteiger partial charge is 0.263 e. The molecule has 152 valence electrons. The van der Waals surface area contributed by atoms with E-state index in [-0.39, 0.29) is 23.1 Å². The Morgan fingerprint density at radius 3 is 1.90 bits per heavy atom. The standard InChI is InChI=1S/C22H20N4O3S/c27-15-20(16-9-3-1-4-10-16)25-21-22(24-19-14-8-7-13-18(19)23-21)26-30(28,29)17-11-5-2-6-12-17/h1-14,20,27H,15H2,(H,23,25)(H,24,26). The van der Waals surface area contributed by atoms with Gasteiger partial charge in [0.1, 0.15) is 0 Å². The van der Waals surface area contributed by atoms with Gasteiger partial charge in [0.25, 0.3) is 10.0 Å². The molecule has 0 bridgehead atoms. The molecular weight excluding hydrogens is 400 g/mol. The fourth-order valence-electron chi connectivity index (χ4n) is 3.04. The van der Waals surface area contributed by atoms with Crippen molar-refractivity contribution in [1.29, 1.82) is 0 Å². The van der Waals surface area contributed by atoms with Crippen molar-refractivity contribution in [1.82, 2.24) is 9.97 Å². The summed E-state index contributed by atoms with van der Waals surface area (Å²) in [4.78, 5) is 9.14. The Labute approximate surface area is 174 Å². The molecule has 0 saturated heterocycles. The summed E-state index contributed by atoms with van der Waals surface area (Å²) in [6.07, 6.45) is 0. The van der Waals surface area contributed by atoms with Crippen molar-refractivity contribution in [3.8, 4) is 0 Å². The van der Waals surface area contributed by atoms with Crippen molar-refractivity contribution in [3.05, 3.63) is 90.5 Å². The summed E-state index contributed by atoms with van der Waals surface area (Å²) in [5, 5.41) is 13.0. The lowest BCUT2D eigenvalue weighted by atomic mass is 10.1. The maximum Gasteiger partial charge on any atom is 0.263 e. The van der Waals surface area contributed by atoms with E-state index in [1.807, 2.05) is 36.4 Å². The Morgan fingerprint density at radius 2 is 1.30 bits per heavy atom. The van der Waals surface area contributed by atoms with E-state index in [9.17, 15) is 13.5 Å². The van der Waals surface area contributed by atoms with Crippen LogP contribution >= 0.6 is 0 Å². The molecule has 4 aromatic rings. The van der Waals surface area contributed by atoms with Crippen LogP contribution in [-0.2, 0) is 10.0 Å². The van der Waals surface area contributed by atoms with E-state index < -0.39 is 16.1 Å². The molecule has 8 heteroatoms. The van der Waals surface area contributed by atoms with Crippen LogP contribution in [0.25, 0.3) is 11.0 Å². The molecule has 0 saturated carbocycles. The first-order valence-electron chi connectivity index (χ1n) is 9.34. The zero-order valence-corrected chi connectivity index (χ0v) is 16.8. The second-order valence-electron chi connectivity index (χ2n) is 6.62. The van der Waals surface area contributed by atoms with Crippen molar-refractivity contribution < 1.29 is 13.5 Å². The quantitative estimate of drug-likeness (QED) is 0.422. The fourth-order valence-corrected chi connectivity index (χ4v) is 4.07. The van der Waals surface area contributed by atoms with E-state index >= 15 is 0 Å². The van der Waals surface area contributed by atoms with E-state index in [1.165, 1.54) is 12.1 Å². The van der Waals surface area contributed by atoms with Crippen LogP contribution < -0.4 is 10.0 Å². The van der Waals surface area contributed by atoms with Crippen molar-refractivity contribution in [2.24, 2.45) is 0 Å². The molecule has 1 aromatic heterocycles. The van der Waals surface area contributed by atoms with Crippen LogP contribution in [0.1, 0.15) is 11.6 Å². The van der Waals surface area contributed by atoms with Crippen LogP contribution in [0.4, 0.5) is 11.6 Å². The number of anilines is 2. The first-order chi connectivity index (χ1) is 14.6. The number of nitrogens with one attached hydrogen (secondary N) is 2. The molecule has 1 heterocycles. The fraction of sp³-hybridized carbons (Fsp3) is 0.0909. The number of hydrogen-bond acceptors (Lipinski definition) is 6. The van der Waals surface area contributed by atoms with Crippen LogP contribution in [0.15, 0.2) is 89.8 Å². The molecule has 0 radical (unpaired) electrons. The van der Waals surface area contributed by atoms with Gasteiger partial charge in [-0.15, -0.1) is 0 Å². The molecule has 1 unspecified atom stereocenters. The number of fused-ring (bicyclic) bond motifs is 1. The van der Waals surface area contributed by atoms with Gasteiger partial charge in [-0.3, -0.25) is 4.72 Å². The monoisotopic (exact) mass is 420 g/mol. The Kier molecular flexibility index (Phi) is 5.60. The second-order valence-corrected chi connectivity index (χ2v) is 8.30. The first kappa shape index (κ1) is 19.8. The molecule has 0 amide bonds. The molecule has 30 heavy (non-hydrogen) atoms. The third-order valence-corrected chi connectivity index (χ3v) is 5.91. The van der Waals surface area contributed by atoms with E-state index in [0.29, 0.717) is 11.0 Å². The van der Waals surface area contributed by atoms with Crippen molar-refractivity contribution in [2.75, 3.05) is 16.6 Å². The van der Waals surface area contributed by atoms with Gasteiger partial charge in [0.05, 0.1) is 28.6 Å². The maximum atomic E-state index is 12.9. The summed E-state index contributed by atoms with van der Waals surface area (Å²) in [6, 6.07) is 24.1. The number of benzene rings is 3. The number of aliphatic hydroxyl groups is 1. The lowest BCUT2D eigenvalue weighted by molar-refractivity contribution is 0.276. The van der Waals surface area contributed by atoms with Gasteiger partial charge < -0.3 is 10.4 Å². The average Bonchev–Trinajstić information content (AvgIpc) is 2.78. The molecular formula is C22H20N4O3S. The zero-order valence-electron chi connectivity index (χ0n) is 15.9. The highest BCUT2D eigenvalue weighted by molar-refractivity contribution is 7.92. The number of sulfonamides is 1. The third-order valence-electron chi connectivity index (χ3n) is 4.55. The summed E-state index contributed by atoms with van der Waals surface area (Å²) in [6.45, 7) is -0.205. The minimum atomic E-state index is -3.87. The van der Waals surface area contributed by atoms with Crippen LogP contribution in [0, 0.1) is 0 Å². The highest BCUT2D eigenvalue weighted by Gasteiger charge is 2.20. The number of hydrogen-bond donors (Lipinski definition) is 3. The summed E-state index contributed by atoms with van der Waals surface area (Å²) in [5.41, 5.74) is 1.99. The minimum Gasteiger partial charge on any atom is -0.394 e. The topological polar surface area (TPSA) is 104 Å². The summed E-state index contributed by atoms with van der Waals surface area (Å²) in [7, 11) is -3.87. The predicted octanol–water partition coefficient (Wildman–Crippen LogP) is 3.58. The predicted molar refractivity (Wildman–Crippen MR) is 117 cm³/mol. The Morgan fingerprint density at radius 1 is 0.767 bits per heavy atom. The van der Waals surface area contributed by atoms with Gasteiger partial charge in [-0.1, -0.05) is 60.7 Å². The molecule has 7 nitrogen and oxygen atoms in total. The first-order valence-corrected chi connectivity index (χ1v) is 10.8. The van der Waals surface area contributed by atoms with Crippen LogP contribution in [0.2, 0.25) is 0 Å². The van der Waals surface area contributed by atoms with Gasteiger partial charge in [0, 0.05) is 0 Å². The second kappa shape index (κ2) is 8.48. The molecule has 0 spiro atoms. The van der Waals surface area contributed by atoms with Gasteiger partial charge >= 0.3 is 0 Å². The normalized spacial score (nSPS) is 12.4. The molecule has 0 fully saturated rings. The van der Waals surface area contributed by atoms with E-state index in [1.54, 1.807) is 36.4 Å². The summed E-state index contributed by atoms with van der Waals surface area (Å²) in [5.74, 6) is 0.294. The van der Waals surface area contributed by atoms with Gasteiger partial charge in [-0.2, -0.15) is 0 Å². The number of aliphatic hydroxyl groups excluding tert-OH is 1. The molecule has 1 atom stereocenters. The van der Waals surface area contributed by atoms with E-state index in [4.69, 9.17) is 0 Å². The lowest BCUT2D eigenvalue weighted by Crippen LogP contribution is -2.20. The molecule has 0 aliphatic rings. The van der Waals surface area contributed by atoms with Crippen LogP contribution in [0.5, 0.6) is 0 Å². The summed E-state index contributed by atoms with van der Waals surface area (Å²) < 4.78 is 28.2. The van der Waals surface area contributed by atoms with Gasteiger partial charge in [-0.25, -0.2) is 18.4 Å². The zero-order chi connectivity index (χ0) is 21.0. The summed E-state index contributed by atoms with van der Waals surface area (Å²) >= 11 is 0. The number of aromatic nitrogens is 2.